The van der Waals surface area contributed by atoms with E-state index in [9.17, 15) is 9.18 Å². The first-order chi connectivity index (χ1) is 16.7. The van der Waals surface area contributed by atoms with Crippen molar-refractivity contribution in [2.24, 2.45) is 0 Å². The third-order valence-electron chi connectivity index (χ3n) is 7.48. The fourth-order valence-corrected chi connectivity index (χ4v) is 5.52. The van der Waals surface area contributed by atoms with Gasteiger partial charge in [-0.2, -0.15) is 4.98 Å². The molecule has 0 radical (unpaired) electrons. The lowest BCUT2D eigenvalue weighted by molar-refractivity contribution is 0.0643. The van der Waals surface area contributed by atoms with Crippen LogP contribution in [-0.4, -0.2) is 77.0 Å². The van der Waals surface area contributed by atoms with Gasteiger partial charge in [-0.1, -0.05) is 12.8 Å². The third kappa shape index (κ3) is 5.49. The molecule has 3 saturated heterocycles. The molecule has 5 rings (SSSR count). The largest absolute Gasteiger partial charge is 0.356 e. The van der Waals surface area contributed by atoms with Crippen molar-refractivity contribution >= 4 is 17.7 Å². The van der Waals surface area contributed by atoms with Crippen molar-refractivity contribution in [2.45, 2.75) is 57.0 Å². The van der Waals surface area contributed by atoms with Crippen LogP contribution in [0, 0.1) is 5.82 Å². The first kappa shape index (κ1) is 23.0. The number of aromatic nitrogens is 2. The molecular formula is C26H35FN6O. The number of nitrogens with zero attached hydrogens (tertiary/aromatic N) is 5. The SMILES string of the molecule is O=C(c1ccc(F)cc1)N1CCC(N2CCC(Nc3nccc(N4CCCCCC4)n3)C2)CC1. The highest BCUT2D eigenvalue weighted by Gasteiger charge is 2.32. The average Bonchev–Trinajstić information content (AvgIpc) is 3.16. The smallest absolute Gasteiger partial charge is 0.253 e. The van der Waals surface area contributed by atoms with Gasteiger partial charge in [-0.25, -0.2) is 9.37 Å². The Morgan fingerprint density at radius 2 is 1.65 bits per heavy atom. The van der Waals surface area contributed by atoms with Gasteiger partial charge in [0.05, 0.1) is 0 Å². The monoisotopic (exact) mass is 466 g/mol. The van der Waals surface area contributed by atoms with Gasteiger partial charge in [0.2, 0.25) is 5.95 Å². The normalized spacial score (nSPS) is 22.6. The Morgan fingerprint density at radius 3 is 2.38 bits per heavy atom. The quantitative estimate of drug-likeness (QED) is 0.724. The van der Waals surface area contributed by atoms with Crippen molar-refractivity contribution in [3.63, 3.8) is 0 Å². The molecular weight excluding hydrogens is 431 g/mol. The van der Waals surface area contributed by atoms with Crippen LogP contribution < -0.4 is 10.2 Å². The molecule has 3 aliphatic rings. The molecule has 3 fully saturated rings. The molecule has 34 heavy (non-hydrogen) atoms. The number of benzene rings is 1. The van der Waals surface area contributed by atoms with E-state index in [4.69, 9.17) is 4.98 Å². The fourth-order valence-electron chi connectivity index (χ4n) is 5.52. The van der Waals surface area contributed by atoms with E-state index in [2.05, 4.69) is 20.1 Å². The van der Waals surface area contributed by atoms with Gasteiger partial charge in [0, 0.05) is 63.1 Å². The zero-order valence-electron chi connectivity index (χ0n) is 19.8. The lowest BCUT2D eigenvalue weighted by Gasteiger charge is -2.36. The van der Waals surface area contributed by atoms with Crippen LogP contribution in [0.3, 0.4) is 0 Å². The number of carbonyl (C=O) groups excluding carboxylic acids is 1. The summed E-state index contributed by atoms with van der Waals surface area (Å²) in [5.74, 6) is 1.45. The number of amides is 1. The van der Waals surface area contributed by atoms with Gasteiger partial charge < -0.3 is 15.1 Å². The lowest BCUT2D eigenvalue weighted by Crippen LogP contribution is -2.46. The number of carbonyl (C=O) groups is 1. The Kier molecular flexibility index (Phi) is 7.23. The molecule has 3 aliphatic heterocycles. The van der Waals surface area contributed by atoms with Crippen molar-refractivity contribution in [1.82, 2.24) is 19.8 Å². The Balaban J connectivity index is 1.11. The molecule has 1 amide bonds. The Labute approximate surface area is 201 Å². The molecule has 2 aromatic rings. The summed E-state index contributed by atoms with van der Waals surface area (Å²) < 4.78 is 13.2. The standard InChI is InChI=1S/C26H35FN6O/c27-21-7-5-20(6-8-21)25(34)32-17-11-23(12-18-32)33-16-10-22(19-33)29-26-28-13-9-24(30-26)31-14-3-1-2-4-15-31/h5-9,13,22-23H,1-4,10-12,14-19H2,(H,28,29,30). The van der Waals surface area contributed by atoms with Crippen LogP contribution >= 0.6 is 0 Å². The van der Waals surface area contributed by atoms with Gasteiger partial charge in [0.25, 0.3) is 5.91 Å². The molecule has 1 aromatic carbocycles. The summed E-state index contributed by atoms with van der Waals surface area (Å²) in [7, 11) is 0. The first-order valence-electron chi connectivity index (χ1n) is 12.8. The summed E-state index contributed by atoms with van der Waals surface area (Å²) in [6.45, 7) is 5.69. The predicted molar refractivity (Wildman–Crippen MR) is 132 cm³/mol. The number of hydrogen-bond donors (Lipinski definition) is 1. The molecule has 7 nitrogen and oxygen atoms in total. The minimum absolute atomic E-state index is 0.000791. The molecule has 0 spiro atoms. The van der Waals surface area contributed by atoms with E-state index in [1.54, 1.807) is 12.1 Å². The lowest BCUT2D eigenvalue weighted by atomic mass is 10.0. The molecule has 1 atom stereocenters. The van der Waals surface area contributed by atoms with Crippen molar-refractivity contribution in [1.29, 1.82) is 0 Å². The van der Waals surface area contributed by atoms with Crippen LogP contribution in [-0.2, 0) is 0 Å². The van der Waals surface area contributed by atoms with Gasteiger partial charge in [-0.15, -0.1) is 0 Å². The van der Waals surface area contributed by atoms with Gasteiger partial charge in [0.15, 0.2) is 0 Å². The molecule has 4 heterocycles. The van der Waals surface area contributed by atoms with Crippen LogP contribution in [0.2, 0.25) is 0 Å². The van der Waals surface area contributed by atoms with Crippen LogP contribution in [0.4, 0.5) is 16.2 Å². The van der Waals surface area contributed by atoms with Gasteiger partial charge in [-0.3, -0.25) is 9.69 Å². The second kappa shape index (κ2) is 10.7. The van der Waals surface area contributed by atoms with Gasteiger partial charge >= 0.3 is 0 Å². The fraction of sp³-hybridized carbons (Fsp3) is 0.577. The molecule has 1 unspecified atom stereocenters. The van der Waals surface area contributed by atoms with Crippen molar-refractivity contribution in [2.75, 3.05) is 49.5 Å². The number of hydrogen-bond acceptors (Lipinski definition) is 6. The summed E-state index contributed by atoms with van der Waals surface area (Å²) in [6.07, 6.45) is 9.98. The highest BCUT2D eigenvalue weighted by molar-refractivity contribution is 5.94. The van der Waals surface area contributed by atoms with Crippen LogP contribution in [0.25, 0.3) is 0 Å². The van der Waals surface area contributed by atoms with Gasteiger partial charge in [-0.05, 0) is 62.4 Å². The number of nitrogens with one attached hydrogen (secondary N) is 1. The Morgan fingerprint density at radius 1 is 0.912 bits per heavy atom. The minimum Gasteiger partial charge on any atom is -0.356 e. The molecule has 1 N–H and O–H groups in total. The summed E-state index contributed by atoms with van der Waals surface area (Å²) in [5, 5.41) is 3.57. The Hall–Kier alpha value is -2.74. The van der Waals surface area contributed by atoms with E-state index >= 15 is 0 Å². The maximum Gasteiger partial charge on any atom is 0.253 e. The molecule has 0 bridgehead atoms. The molecule has 8 heteroatoms. The zero-order valence-corrected chi connectivity index (χ0v) is 19.8. The van der Waals surface area contributed by atoms with Crippen molar-refractivity contribution < 1.29 is 9.18 Å². The Bertz CT molecular complexity index is 954. The number of anilines is 2. The van der Waals surface area contributed by atoms with Crippen molar-refractivity contribution in [3.8, 4) is 0 Å². The van der Waals surface area contributed by atoms with Crippen LogP contribution in [0.1, 0.15) is 55.3 Å². The summed E-state index contributed by atoms with van der Waals surface area (Å²) in [6, 6.07) is 8.72. The molecule has 182 valence electrons. The topological polar surface area (TPSA) is 64.6 Å². The van der Waals surface area contributed by atoms with E-state index in [1.807, 2.05) is 17.2 Å². The summed E-state index contributed by atoms with van der Waals surface area (Å²) in [4.78, 5) is 28.9. The zero-order chi connectivity index (χ0) is 23.3. The highest BCUT2D eigenvalue weighted by Crippen LogP contribution is 2.24. The second-order valence-electron chi connectivity index (χ2n) is 9.79. The van der Waals surface area contributed by atoms with E-state index < -0.39 is 0 Å². The summed E-state index contributed by atoms with van der Waals surface area (Å²) in [5.41, 5.74) is 0.563. The minimum atomic E-state index is -0.313. The number of rotatable bonds is 5. The highest BCUT2D eigenvalue weighted by atomic mass is 19.1. The number of piperidine rings is 1. The van der Waals surface area contributed by atoms with E-state index in [-0.39, 0.29) is 11.7 Å². The van der Waals surface area contributed by atoms with Crippen LogP contribution in [0.15, 0.2) is 36.5 Å². The third-order valence-corrected chi connectivity index (χ3v) is 7.48. The number of likely N-dealkylation sites (tertiary alicyclic amines) is 2. The van der Waals surface area contributed by atoms with E-state index in [1.165, 1.54) is 37.8 Å². The predicted octanol–water partition coefficient (Wildman–Crippen LogP) is 3.79. The molecule has 0 saturated carbocycles. The van der Waals surface area contributed by atoms with Crippen LogP contribution in [0.5, 0.6) is 0 Å². The van der Waals surface area contributed by atoms with E-state index in [0.717, 1.165) is 70.3 Å². The van der Waals surface area contributed by atoms with E-state index in [0.29, 0.717) is 17.6 Å². The van der Waals surface area contributed by atoms with Crippen molar-refractivity contribution in [3.05, 3.63) is 47.9 Å². The molecule has 1 aromatic heterocycles. The first-order valence-corrected chi connectivity index (χ1v) is 12.8. The summed E-state index contributed by atoms with van der Waals surface area (Å²) >= 11 is 0. The maximum atomic E-state index is 13.2. The maximum absolute atomic E-state index is 13.2. The second-order valence-corrected chi connectivity index (χ2v) is 9.79. The molecule has 0 aliphatic carbocycles. The average molecular weight is 467 g/mol. The number of halogens is 1. The van der Waals surface area contributed by atoms with Gasteiger partial charge in [0.1, 0.15) is 11.6 Å².